The molecule has 0 aliphatic heterocycles. The largest absolute Gasteiger partial charge is 0.493 e. The number of oxime groups is 1. The van der Waals surface area contributed by atoms with Gasteiger partial charge < -0.3 is 25.7 Å². The Balaban J connectivity index is 2.55. The molecular formula is C13H19N3O4. The van der Waals surface area contributed by atoms with Crippen LogP contribution < -0.4 is 20.5 Å². The van der Waals surface area contributed by atoms with Crippen molar-refractivity contribution in [2.24, 2.45) is 10.9 Å². The van der Waals surface area contributed by atoms with Crippen LogP contribution in [0.4, 0.5) is 0 Å². The lowest BCUT2D eigenvalue weighted by molar-refractivity contribution is 0.0953. The number of methoxy groups -OCH3 is 2. The molecule has 0 radical (unpaired) electrons. The van der Waals surface area contributed by atoms with Gasteiger partial charge in [-0.05, 0) is 24.6 Å². The first kappa shape index (κ1) is 15.6. The Kier molecular flexibility index (Phi) is 6.15. The SMILES string of the molecule is COc1ccc(C(=O)NCCCC(N)=NO)cc1OC. The molecule has 0 saturated heterocycles. The van der Waals surface area contributed by atoms with Gasteiger partial charge in [-0.1, -0.05) is 5.16 Å². The number of hydrogen-bond donors (Lipinski definition) is 3. The molecule has 0 aliphatic rings. The van der Waals surface area contributed by atoms with Gasteiger partial charge in [-0.25, -0.2) is 0 Å². The van der Waals surface area contributed by atoms with E-state index in [0.717, 1.165) is 0 Å². The van der Waals surface area contributed by atoms with Crippen LogP contribution in [0.2, 0.25) is 0 Å². The molecule has 0 atom stereocenters. The zero-order valence-corrected chi connectivity index (χ0v) is 11.5. The number of nitrogens with zero attached hydrogens (tertiary/aromatic N) is 1. The molecule has 0 heterocycles. The van der Waals surface area contributed by atoms with Gasteiger partial charge in [0.1, 0.15) is 5.84 Å². The lowest BCUT2D eigenvalue weighted by Crippen LogP contribution is -2.25. The van der Waals surface area contributed by atoms with Crippen molar-refractivity contribution in [1.29, 1.82) is 0 Å². The second kappa shape index (κ2) is 7.88. The van der Waals surface area contributed by atoms with Crippen LogP contribution in [0.3, 0.4) is 0 Å². The Morgan fingerprint density at radius 1 is 1.35 bits per heavy atom. The van der Waals surface area contributed by atoms with Gasteiger partial charge in [-0.15, -0.1) is 0 Å². The number of ether oxygens (including phenoxy) is 2. The van der Waals surface area contributed by atoms with Crippen LogP contribution in [-0.4, -0.2) is 37.7 Å². The fourth-order valence-electron chi connectivity index (χ4n) is 1.60. The number of nitrogens with two attached hydrogens (primary N) is 1. The summed E-state index contributed by atoms with van der Waals surface area (Å²) in [6, 6.07) is 4.93. The standard InChI is InChI=1S/C13H19N3O4/c1-19-10-6-5-9(8-11(10)20-2)13(17)15-7-3-4-12(14)16-18/h5-6,8,18H,3-4,7H2,1-2H3,(H2,14,16)(H,15,17). The molecule has 0 fully saturated rings. The molecule has 110 valence electrons. The van der Waals surface area contributed by atoms with Crippen LogP contribution in [0.1, 0.15) is 23.2 Å². The second-order valence-electron chi connectivity index (χ2n) is 4.02. The third-order valence-corrected chi connectivity index (χ3v) is 2.67. The fraction of sp³-hybridized carbons (Fsp3) is 0.385. The molecule has 20 heavy (non-hydrogen) atoms. The van der Waals surface area contributed by atoms with E-state index in [1.54, 1.807) is 18.2 Å². The smallest absolute Gasteiger partial charge is 0.251 e. The van der Waals surface area contributed by atoms with Gasteiger partial charge >= 0.3 is 0 Å². The predicted octanol–water partition coefficient (Wildman–Crippen LogP) is 0.960. The number of benzene rings is 1. The number of amidine groups is 1. The number of nitrogens with one attached hydrogen (secondary N) is 1. The van der Waals surface area contributed by atoms with E-state index in [9.17, 15) is 4.79 Å². The summed E-state index contributed by atoms with van der Waals surface area (Å²) in [6.07, 6.45) is 1.01. The van der Waals surface area contributed by atoms with Crippen molar-refractivity contribution in [2.45, 2.75) is 12.8 Å². The van der Waals surface area contributed by atoms with Crippen molar-refractivity contribution in [3.63, 3.8) is 0 Å². The summed E-state index contributed by atoms with van der Waals surface area (Å²) in [7, 11) is 3.04. The van der Waals surface area contributed by atoms with E-state index in [1.165, 1.54) is 14.2 Å². The highest BCUT2D eigenvalue weighted by molar-refractivity contribution is 5.94. The molecule has 7 nitrogen and oxygen atoms in total. The van der Waals surface area contributed by atoms with Crippen molar-refractivity contribution < 1.29 is 19.5 Å². The minimum Gasteiger partial charge on any atom is -0.493 e. The number of carbonyl (C=O) groups is 1. The lowest BCUT2D eigenvalue weighted by Gasteiger charge is -2.10. The summed E-state index contributed by atoms with van der Waals surface area (Å²) in [6.45, 7) is 0.434. The highest BCUT2D eigenvalue weighted by atomic mass is 16.5. The van der Waals surface area contributed by atoms with Gasteiger partial charge in [-0.3, -0.25) is 4.79 Å². The van der Waals surface area contributed by atoms with Crippen molar-refractivity contribution in [2.75, 3.05) is 20.8 Å². The molecule has 1 aromatic carbocycles. The van der Waals surface area contributed by atoms with E-state index in [0.29, 0.717) is 36.4 Å². The van der Waals surface area contributed by atoms with Gasteiger partial charge in [0, 0.05) is 18.5 Å². The summed E-state index contributed by atoms with van der Waals surface area (Å²) >= 11 is 0. The lowest BCUT2D eigenvalue weighted by atomic mass is 10.2. The average Bonchev–Trinajstić information content (AvgIpc) is 2.50. The molecule has 1 rings (SSSR count). The maximum absolute atomic E-state index is 11.9. The highest BCUT2D eigenvalue weighted by Crippen LogP contribution is 2.27. The van der Waals surface area contributed by atoms with Crippen LogP contribution in [-0.2, 0) is 0 Å². The van der Waals surface area contributed by atoms with Crippen molar-refractivity contribution in [3.05, 3.63) is 23.8 Å². The van der Waals surface area contributed by atoms with Crippen molar-refractivity contribution in [3.8, 4) is 11.5 Å². The van der Waals surface area contributed by atoms with Crippen LogP contribution >= 0.6 is 0 Å². The third kappa shape index (κ3) is 4.34. The van der Waals surface area contributed by atoms with Gasteiger partial charge in [0.05, 0.1) is 14.2 Å². The Morgan fingerprint density at radius 3 is 2.65 bits per heavy atom. The van der Waals surface area contributed by atoms with E-state index < -0.39 is 0 Å². The summed E-state index contributed by atoms with van der Waals surface area (Å²) < 4.78 is 10.2. The Morgan fingerprint density at radius 2 is 2.05 bits per heavy atom. The molecule has 1 amide bonds. The van der Waals surface area contributed by atoms with E-state index in [-0.39, 0.29) is 11.7 Å². The van der Waals surface area contributed by atoms with E-state index >= 15 is 0 Å². The average molecular weight is 281 g/mol. The van der Waals surface area contributed by atoms with Crippen LogP contribution in [0.25, 0.3) is 0 Å². The van der Waals surface area contributed by atoms with Crippen LogP contribution in [0.5, 0.6) is 11.5 Å². The molecule has 0 saturated carbocycles. The van der Waals surface area contributed by atoms with Crippen LogP contribution in [0.15, 0.2) is 23.4 Å². The minimum absolute atomic E-state index is 0.144. The van der Waals surface area contributed by atoms with E-state index in [4.69, 9.17) is 20.4 Å². The first-order valence-corrected chi connectivity index (χ1v) is 6.09. The highest BCUT2D eigenvalue weighted by Gasteiger charge is 2.10. The Labute approximate surface area is 117 Å². The number of rotatable bonds is 7. The Bertz CT molecular complexity index is 489. The van der Waals surface area contributed by atoms with Crippen molar-refractivity contribution >= 4 is 11.7 Å². The minimum atomic E-state index is -0.217. The van der Waals surface area contributed by atoms with E-state index in [2.05, 4.69) is 10.5 Å². The number of amides is 1. The van der Waals surface area contributed by atoms with Gasteiger partial charge in [0.25, 0.3) is 5.91 Å². The number of carbonyl (C=O) groups excluding carboxylic acids is 1. The second-order valence-corrected chi connectivity index (χ2v) is 4.02. The first-order chi connectivity index (χ1) is 9.62. The maximum atomic E-state index is 11.9. The van der Waals surface area contributed by atoms with Gasteiger partial charge in [-0.2, -0.15) is 0 Å². The molecule has 7 heteroatoms. The first-order valence-electron chi connectivity index (χ1n) is 6.09. The van der Waals surface area contributed by atoms with Crippen molar-refractivity contribution in [1.82, 2.24) is 5.32 Å². The normalized spacial score (nSPS) is 11.0. The molecular weight excluding hydrogens is 262 g/mol. The molecule has 0 unspecified atom stereocenters. The quantitative estimate of drug-likeness (QED) is 0.227. The number of hydrogen-bond acceptors (Lipinski definition) is 5. The Hall–Kier alpha value is -2.44. The summed E-state index contributed by atoms with van der Waals surface area (Å²) in [5.74, 6) is 0.989. The molecule has 0 aromatic heterocycles. The third-order valence-electron chi connectivity index (χ3n) is 2.67. The zero-order chi connectivity index (χ0) is 15.0. The maximum Gasteiger partial charge on any atom is 0.251 e. The summed E-state index contributed by atoms with van der Waals surface area (Å²) in [4.78, 5) is 11.9. The topological polar surface area (TPSA) is 106 Å². The molecule has 1 aromatic rings. The zero-order valence-electron chi connectivity index (χ0n) is 11.5. The summed E-state index contributed by atoms with van der Waals surface area (Å²) in [5, 5.41) is 14.0. The molecule has 0 spiro atoms. The van der Waals surface area contributed by atoms with Gasteiger partial charge in [0.15, 0.2) is 11.5 Å². The molecule has 0 bridgehead atoms. The predicted molar refractivity (Wildman–Crippen MR) is 74.5 cm³/mol. The van der Waals surface area contributed by atoms with Crippen LogP contribution in [0, 0.1) is 0 Å². The monoisotopic (exact) mass is 281 g/mol. The summed E-state index contributed by atoms with van der Waals surface area (Å²) in [5.41, 5.74) is 5.81. The molecule has 4 N–H and O–H groups in total. The molecule has 0 aliphatic carbocycles. The van der Waals surface area contributed by atoms with E-state index in [1.807, 2.05) is 0 Å². The van der Waals surface area contributed by atoms with Gasteiger partial charge in [0.2, 0.25) is 0 Å². The fourth-order valence-corrected chi connectivity index (χ4v) is 1.60.